The number of benzene rings is 1. The number of rotatable bonds is 4. The molecule has 1 aliphatic carbocycles. The second-order valence-electron chi connectivity index (χ2n) is 10.3. The summed E-state index contributed by atoms with van der Waals surface area (Å²) in [6.45, 7) is 0. The van der Waals surface area contributed by atoms with E-state index < -0.39 is 11.8 Å². The molecule has 3 aliphatic rings. The molecule has 2 aliphatic heterocycles. The van der Waals surface area contributed by atoms with Gasteiger partial charge >= 0.3 is 5.97 Å². The number of nitrogens with zero attached hydrogens (tertiary/aromatic N) is 2. The number of para-hydroxylation sites is 1. The number of hydrogen-bond donors (Lipinski definition) is 1. The van der Waals surface area contributed by atoms with E-state index in [-0.39, 0.29) is 0 Å². The first kappa shape index (κ1) is 21.7. The lowest BCUT2D eigenvalue weighted by Crippen LogP contribution is -2.49. The van der Waals surface area contributed by atoms with Gasteiger partial charge in [-0.3, -0.25) is 9.69 Å². The van der Waals surface area contributed by atoms with E-state index in [1.807, 2.05) is 30.5 Å². The number of aromatic nitrogens is 1. The highest BCUT2D eigenvalue weighted by Crippen LogP contribution is 2.45. The first-order valence-corrected chi connectivity index (χ1v) is 12.8. The number of carboxylic acid groups (broad SMARTS) is 1. The summed E-state index contributed by atoms with van der Waals surface area (Å²) in [4.78, 5) is 26.6. The molecule has 0 spiro atoms. The molecule has 1 N–H and O–H groups in total. The molecule has 2 aromatic rings. The molecule has 5 heteroatoms. The van der Waals surface area contributed by atoms with Crippen molar-refractivity contribution in [1.82, 2.24) is 9.47 Å². The highest BCUT2D eigenvalue weighted by atomic mass is 16.4. The molecule has 172 valence electrons. The Hall–Kier alpha value is -2.14. The van der Waals surface area contributed by atoms with Crippen LogP contribution in [0.15, 0.2) is 30.5 Å². The molecule has 0 amide bonds. The van der Waals surface area contributed by atoms with Crippen LogP contribution in [0.2, 0.25) is 0 Å². The van der Waals surface area contributed by atoms with Crippen LogP contribution >= 0.6 is 0 Å². The van der Waals surface area contributed by atoms with Crippen LogP contribution in [0.5, 0.6) is 0 Å². The fraction of sp³-hybridized carbons (Fsp3) is 0.630. The average Bonchev–Trinajstić information content (AvgIpc) is 3.31. The second kappa shape index (κ2) is 9.38. The van der Waals surface area contributed by atoms with E-state index in [9.17, 15) is 14.7 Å². The van der Waals surface area contributed by atoms with Gasteiger partial charge in [0, 0.05) is 41.3 Å². The van der Waals surface area contributed by atoms with Crippen LogP contribution in [0.4, 0.5) is 0 Å². The minimum atomic E-state index is -1.38. The Morgan fingerprint density at radius 2 is 1.34 bits per heavy atom. The summed E-state index contributed by atoms with van der Waals surface area (Å²) in [5.74, 6) is -2.18. The van der Waals surface area contributed by atoms with Gasteiger partial charge in [0.1, 0.15) is 0 Å². The highest BCUT2D eigenvalue weighted by molar-refractivity contribution is 6.42. The molecule has 2 atom stereocenters. The van der Waals surface area contributed by atoms with Crippen molar-refractivity contribution in [1.29, 1.82) is 0 Å². The fourth-order valence-corrected chi connectivity index (χ4v) is 6.90. The number of Topliss-reactive ketones (excluding diaryl/α,β-unsaturated/α-hetero) is 1. The first-order valence-electron chi connectivity index (χ1n) is 12.8. The summed E-state index contributed by atoms with van der Waals surface area (Å²) < 4.78 is 2.22. The van der Waals surface area contributed by atoms with E-state index in [4.69, 9.17) is 0 Å². The number of carboxylic acids is 1. The predicted octanol–water partition coefficient (Wildman–Crippen LogP) is 5.97. The third-order valence-electron chi connectivity index (χ3n) is 8.33. The molecule has 5 rings (SSSR count). The van der Waals surface area contributed by atoms with Gasteiger partial charge in [-0.05, 0) is 44.6 Å². The van der Waals surface area contributed by atoms with Crippen LogP contribution in [0.1, 0.15) is 99.9 Å². The van der Waals surface area contributed by atoms with E-state index in [0.717, 1.165) is 29.8 Å². The van der Waals surface area contributed by atoms with E-state index in [1.54, 1.807) is 0 Å². The van der Waals surface area contributed by atoms with Gasteiger partial charge in [-0.2, -0.15) is 0 Å². The molecule has 1 aromatic carbocycles. The Kier molecular flexibility index (Phi) is 6.36. The number of fused-ring (bicyclic) bond motifs is 3. The molecular weight excluding hydrogens is 400 g/mol. The lowest BCUT2D eigenvalue weighted by molar-refractivity contribution is -0.131. The largest absolute Gasteiger partial charge is 0.475 e. The predicted molar refractivity (Wildman–Crippen MR) is 126 cm³/mol. The van der Waals surface area contributed by atoms with E-state index in [1.165, 1.54) is 70.6 Å². The van der Waals surface area contributed by atoms with Crippen molar-refractivity contribution in [2.45, 2.75) is 108 Å². The first-order chi connectivity index (χ1) is 15.6. The van der Waals surface area contributed by atoms with Crippen LogP contribution in [0, 0.1) is 0 Å². The normalized spacial score (nSPS) is 28.1. The lowest BCUT2D eigenvalue weighted by atomic mass is 9.90. The number of aliphatic carboxylic acids is 1. The van der Waals surface area contributed by atoms with E-state index >= 15 is 0 Å². The zero-order valence-corrected chi connectivity index (χ0v) is 19.0. The minimum absolute atomic E-state index is 0.329. The third kappa shape index (κ3) is 4.12. The van der Waals surface area contributed by atoms with Gasteiger partial charge in [0.2, 0.25) is 0 Å². The summed E-state index contributed by atoms with van der Waals surface area (Å²) >= 11 is 0. The smallest absolute Gasteiger partial charge is 0.377 e. The molecular formula is C27H36N2O3. The van der Waals surface area contributed by atoms with Crippen molar-refractivity contribution >= 4 is 22.7 Å². The van der Waals surface area contributed by atoms with Gasteiger partial charge in [0.05, 0.1) is 5.56 Å². The molecule has 0 radical (unpaired) electrons. The Balaban J connectivity index is 1.38. The summed E-state index contributed by atoms with van der Waals surface area (Å²) in [5, 5.41) is 10.1. The third-order valence-corrected chi connectivity index (χ3v) is 8.33. The minimum Gasteiger partial charge on any atom is -0.475 e. The van der Waals surface area contributed by atoms with Crippen LogP contribution in [-0.2, 0) is 4.79 Å². The second-order valence-corrected chi connectivity index (χ2v) is 10.3. The maximum Gasteiger partial charge on any atom is 0.377 e. The monoisotopic (exact) mass is 436 g/mol. The van der Waals surface area contributed by atoms with Gasteiger partial charge in [-0.1, -0.05) is 63.1 Å². The molecule has 2 saturated heterocycles. The van der Waals surface area contributed by atoms with Crippen molar-refractivity contribution in [2.75, 3.05) is 0 Å². The van der Waals surface area contributed by atoms with Crippen molar-refractivity contribution in [3.05, 3.63) is 36.0 Å². The molecule has 2 bridgehead atoms. The summed E-state index contributed by atoms with van der Waals surface area (Å²) in [7, 11) is 0. The number of piperidine rings is 1. The van der Waals surface area contributed by atoms with Crippen molar-refractivity contribution in [3.8, 4) is 0 Å². The van der Waals surface area contributed by atoms with Gasteiger partial charge in [0.15, 0.2) is 0 Å². The van der Waals surface area contributed by atoms with E-state index in [0.29, 0.717) is 23.7 Å². The Morgan fingerprint density at radius 3 is 1.97 bits per heavy atom. The molecule has 1 aromatic heterocycles. The van der Waals surface area contributed by atoms with Crippen molar-refractivity contribution in [2.24, 2.45) is 0 Å². The lowest BCUT2D eigenvalue weighted by Gasteiger charge is -2.44. The molecule has 5 nitrogen and oxygen atoms in total. The summed E-state index contributed by atoms with van der Waals surface area (Å²) in [6.07, 6.45) is 19.0. The van der Waals surface area contributed by atoms with Crippen molar-refractivity contribution < 1.29 is 14.7 Å². The quantitative estimate of drug-likeness (QED) is 0.474. The van der Waals surface area contributed by atoms with Gasteiger partial charge in [-0.15, -0.1) is 0 Å². The zero-order valence-electron chi connectivity index (χ0n) is 19.0. The fourth-order valence-electron chi connectivity index (χ4n) is 6.90. The molecule has 32 heavy (non-hydrogen) atoms. The van der Waals surface area contributed by atoms with E-state index in [2.05, 4.69) is 9.47 Å². The maximum absolute atomic E-state index is 12.3. The van der Waals surface area contributed by atoms with Gasteiger partial charge < -0.3 is 9.67 Å². The standard InChI is InChI=1S/C27H36N2O3/c30-26(27(31)32)24-18-28(25-13-9-8-12-23(24)25)22-16-20-14-15-21(17-22)29(20)19-10-6-4-2-1-3-5-7-11-19/h8-9,12-13,18-22H,1-7,10-11,14-17H2,(H,31,32). The maximum atomic E-state index is 12.3. The zero-order chi connectivity index (χ0) is 22.1. The number of carbonyl (C=O) groups excluding carboxylic acids is 1. The van der Waals surface area contributed by atoms with Crippen molar-refractivity contribution in [3.63, 3.8) is 0 Å². The highest BCUT2D eigenvalue weighted by Gasteiger charge is 2.44. The number of hydrogen-bond acceptors (Lipinski definition) is 3. The van der Waals surface area contributed by atoms with Gasteiger partial charge in [-0.25, -0.2) is 4.79 Å². The molecule has 3 fully saturated rings. The van der Waals surface area contributed by atoms with Gasteiger partial charge in [0.25, 0.3) is 5.78 Å². The topological polar surface area (TPSA) is 62.5 Å². The molecule has 3 heterocycles. The van der Waals surface area contributed by atoms with Crippen LogP contribution in [0.25, 0.3) is 10.9 Å². The Labute approximate surface area is 190 Å². The average molecular weight is 437 g/mol. The van der Waals surface area contributed by atoms with Crippen LogP contribution < -0.4 is 0 Å². The van der Waals surface area contributed by atoms with Crippen LogP contribution in [-0.4, -0.2) is 44.5 Å². The molecule has 2 unspecified atom stereocenters. The van der Waals surface area contributed by atoms with Crippen LogP contribution in [0.3, 0.4) is 0 Å². The number of ketones is 1. The summed E-state index contributed by atoms with van der Waals surface area (Å²) in [5.41, 5.74) is 1.32. The SMILES string of the molecule is O=C(O)C(=O)c1cn(C2CC3CCC(C2)N3C2CCCCCCCCC2)c2ccccc12. The Morgan fingerprint density at radius 1 is 0.750 bits per heavy atom. The Bertz CT molecular complexity index is 956. The summed E-state index contributed by atoms with van der Waals surface area (Å²) in [6, 6.07) is 10.1. The molecule has 1 saturated carbocycles. The number of carbonyl (C=O) groups is 2.